The van der Waals surface area contributed by atoms with E-state index in [2.05, 4.69) is 276 Å². The van der Waals surface area contributed by atoms with Gasteiger partial charge in [0.2, 0.25) is 0 Å². The second-order valence-electron chi connectivity index (χ2n) is 19.2. The minimum atomic E-state index is -0.501. The summed E-state index contributed by atoms with van der Waals surface area (Å²) in [7, 11) is 0. The second-order valence-corrected chi connectivity index (χ2v) is 19.2. The summed E-state index contributed by atoms with van der Waals surface area (Å²) in [5.74, 6) is 0. The highest BCUT2D eigenvalue weighted by Crippen LogP contribution is 2.61. The van der Waals surface area contributed by atoms with Gasteiger partial charge in [-0.25, -0.2) is 0 Å². The first-order valence-electron chi connectivity index (χ1n) is 24.7. The molecule has 0 fully saturated rings. The van der Waals surface area contributed by atoms with Crippen molar-refractivity contribution < 1.29 is 0 Å². The molecule has 2 nitrogen and oxygen atoms in total. The van der Waals surface area contributed by atoms with E-state index in [-0.39, 0.29) is 0 Å². The molecule has 1 aliphatic heterocycles. The minimum Gasteiger partial charge on any atom is -0.309 e. The molecule has 0 radical (unpaired) electrons. The number of anilines is 3. The van der Waals surface area contributed by atoms with Gasteiger partial charge in [-0.1, -0.05) is 218 Å². The fraction of sp³-hybridized carbons (Fsp3) is 0.0145. The molecule has 0 bridgehead atoms. The van der Waals surface area contributed by atoms with E-state index in [1.807, 2.05) is 0 Å². The predicted octanol–water partition coefficient (Wildman–Crippen LogP) is 18.2. The zero-order valence-electron chi connectivity index (χ0n) is 38.8. The van der Waals surface area contributed by atoms with E-state index in [1.54, 1.807) is 0 Å². The molecular weight excluding hydrogens is 857 g/mol. The number of hydrogen-bond acceptors (Lipinski definition) is 1. The molecule has 13 aromatic rings. The molecular formula is C69H44N2. The van der Waals surface area contributed by atoms with Crippen molar-refractivity contribution in [3.05, 3.63) is 289 Å². The third-order valence-corrected chi connectivity index (χ3v) is 15.6. The molecule has 2 heterocycles. The molecule has 0 saturated carbocycles. The van der Waals surface area contributed by atoms with Gasteiger partial charge < -0.3 is 9.47 Å². The third-order valence-electron chi connectivity index (χ3n) is 15.6. The summed E-state index contributed by atoms with van der Waals surface area (Å²) in [6.45, 7) is 0. The quantitative estimate of drug-likeness (QED) is 0.161. The number of benzene rings is 12. The molecule has 0 N–H and O–H groups in total. The summed E-state index contributed by atoms with van der Waals surface area (Å²) in [5, 5.41) is 7.38. The lowest BCUT2D eigenvalue weighted by molar-refractivity contribution is 0.749. The molecule has 15 rings (SSSR count). The second kappa shape index (κ2) is 15.4. The van der Waals surface area contributed by atoms with Gasteiger partial charge in [-0.2, -0.15) is 0 Å². The first kappa shape index (κ1) is 39.7. The van der Waals surface area contributed by atoms with E-state index in [0.29, 0.717) is 0 Å². The van der Waals surface area contributed by atoms with Crippen LogP contribution >= 0.6 is 0 Å². The van der Waals surface area contributed by atoms with Crippen molar-refractivity contribution >= 4 is 60.4 Å². The Morgan fingerprint density at radius 3 is 1.77 bits per heavy atom. The van der Waals surface area contributed by atoms with E-state index in [4.69, 9.17) is 0 Å². The SMILES string of the molecule is c1ccc(-c2ccc(-c3ccccc3N(c3ccc4cc(-c5ccc6c(c5)C5(c7ccccc7-6)c6ccccc6-n6c7ccccc7c7cccc5c76)ccc4c3)c3cccc4ccccc34)cc2)cc1. The van der Waals surface area contributed by atoms with Crippen molar-refractivity contribution in [3.63, 3.8) is 0 Å². The van der Waals surface area contributed by atoms with Crippen LogP contribution in [-0.2, 0) is 5.41 Å². The van der Waals surface area contributed by atoms with Gasteiger partial charge in [-0.05, 0) is 126 Å². The normalized spacial score (nSPS) is 14.3. The molecule has 1 spiro atoms. The summed E-state index contributed by atoms with van der Waals surface area (Å²) in [5.41, 5.74) is 21.8. The van der Waals surface area contributed by atoms with Gasteiger partial charge >= 0.3 is 0 Å². The van der Waals surface area contributed by atoms with Crippen LogP contribution in [0.4, 0.5) is 17.1 Å². The van der Waals surface area contributed by atoms with Gasteiger partial charge in [-0.3, -0.25) is 0 Å². The number of hydrogen-bond donors (Lipinski definition) is 0. The largest absolute Gasteiger partial charge is 0.309 e. The number of rotatable bonds is 6. The van der Waals surface area contributed by atoms with E-state index < -0.39 is 5.41 Å². The van der Waals surface area contributed by atoms with Crippen molar-refractivity contribution in [2.24, 2.45) is 0 Å². The van der Waals surface area contributed by atoms with Gasteiger partial charge in [0.05, 0.1) is 33.5 Å². The van der Waals surface area contributed by atoms with Crippen LogP contribution in [0.1, 0.15) is 22.3 Å². The first-order chi connectivity index (χ1) is 35.2. The number of nitrogens with zero attached hydrogens (tertiary/aromatic N) is 2. The molecule has 2 aliphatic rings. The van der Waals surface area contributed by atoms with E-state index in [9.17, 15) is 0 Å². The Labute approximate surface area is 412 Å². The maximum absolute atomic E-state index is 2.52. The molecule has 1 atom stereocenters. The monoisotopic (exact) mass is 900 g/mol. The predicted molar refractivity (Wildman–Crippen MR) is 298 cm³/mol. The number of fused-ring (bicyclic) bond motifs is 14. The Morgan fingerprint density at radius 1 is 0.296 bits per heavy atom. The van der Waals surface area contributed by atoms with Crippen molar-refractivity contribution in [2.45, 2.75) is 5.41 Å². The zero-order chi connectivity index (χ0) is 46.6. The maximum Gasteiger partial charge on any atom is 0.0754 e. The van der Waals surface area contributed by atoms with Crippen molar-refractivity contribution in [1.82, 2.24) is 4.57 Å². The van der Waals surface area contributed by atoms with Gasteiger partial charge in [-0.15, -0.1) is 0 Å². The summed E-state index contributed by atoms with van der Waals surface area (Å²) in [6.07, 6.45) is 0. The van der Waals surface area contributed by atoms with Gasteiger partial charge in [0.1, 0.15) is 0 Å². The number of para-hydroxylation sites is 4. The summed E-state index contributed by atoms with van der Waals surface area (Å²) in [6, 6.07) is 99.1. The van der Waals surface area contributed by atoms with Crippen LogP contribution in [0.25, 0.3) is 93.5 Å². The topological polar surface area (TPSA) is 8.17 Å². The highest BCUT2D eigenvalue weighted by Gasteiger charge is 2.50. The van der Waals surface area contributed by atoms with Crippen LogP contribution in [0.15, 0.2) is 267 Å². The maximum atomic E-state index is 2.52. The van der Waals surface area contributed by atoms with Crippen LogP contribution in [0.3, 0.4) is 0 Å². The Morgan fingerprint density at radius 2 is 0.873 bits per heavy atom. The fourth-order valence-corrected chi connectivity index (χ4v) is 12.5. The fourth-order valence-electron chi connectivity index (χ4n) is 12.5. The molecule has 2 heteroatoms. The zero-order valence-corrected chi connectivity index (χ0v) is 38.8. The molecule has 1 aliphatic carbocycles. The number of aromatic nitrogens is 1. The van der Waals surface area contributed by atoms with Crippen molar-refractivity contribution in [1.29, 1.82) is 0 Å². The van der Waals surface area contributed by atoms with Crippen molar-refractivity contribution in [2.75, 3.05) is 4.90 Å². The molecule has 1 unspecified atom stereocenters. The molecule has 0 saturated heterocycles. The Balaban J connectivity index is 0.879. The molecule has 330 valence electrons. The smallest absolute Gasteiger partial charge is 0.0754 e. The lowest BCUT2D eigenvalue weighted by Crippen LogP contribution is -2.33. The van der Waals surface area contributed by atoms with E-state index >= 15 is 0 Å². The van der Waals surface area contributed by atoms with Crippen LogP contribution in [0.2, 0.25) is 0 Å². The van der Waals surface area contributed by atoms with Gasteiger partial charge in [0.25, 0.3) is 0 Å². The average molecular weight is 901 g/mol. The summed E-state index contributed by atoms with van der Waals surface area (Å²) >= 11 is 0. The van der Waals surface area contributed by atoms with Gasteiger partial charge in [0, 0.05) is 27.4 Å². The Hall–Kier alpha value is -9.24. The minimum absolute atomic E-state index is 0.501. The van der Waals surface area contributed by atoms with E-state index in [0.717, 1.165) is 17.1 Å². The van der Waals surface area contributed by atoms with E-state index in [1.165, 1.54) is 116 Å². The summed E-state index contributed by atoms with van der Waals surface area (Å²) in [4.78, 5) is 2.45. The average Bonchev–Trinajstić information content (AvgIpc) is 3.94. The highest BCUT2D eigenvalue weighted by molar-refractivity contribution is 6.13. The molecule has 0 amide bonds. The lowest BCUT2D eigenvalue weighted by Gasteiger charge is -2.39. The van der Waals surface area contributed by atoms with Crippen LogP contribution in [-0.4, -0.2) is 4.57 Å². The third kappa shape index (κ3) is 5.77. The van der Waals surface area contributed by atoms with Crippen LogP contribution in [0.5, 0.6) is 0 Å². The molecule has 12 aromatic carbocycles. The standard InChI is InChI=1S/C69H44N2/c1-2-16-45(17-3-1)46-32-34-48(35-33-46)55-21-7-11-28-64(55)70(65-31-14-19-47-18-4-5-20-54(47)65)53-40-38-50-42-49(36-37-51(50)43-53)52-39-41-57-56-22-6-9-25-60(56)69(63(57)44-52)61-26-10-13-30-67(61)71-66-29-12-8-23-58(66)59-24-15-27-62(69)68(59)71/h1-44H. The Kier molecular flexibility index (Phi) is 8.61. The van der Waals surface area contributed by atoms with Gasteiger partial charge in [0.15, 0.2) is 0 Å². The van der Waals surface area contributed by atoms with Crippen LogP contribution in [0, 0.1) is 0 Å². The highest BCUT2D eigenvalue weighted by atomic mass is 15.1. The lowest BCUT2D eigenvalue weighted by atomic mass is 9.65. The summed E-state index contributed by atoms with van der Waals surface area (Å²) < 4.78 is 2.52. The molecule has 71 heavy (non-hydrogen) atoms. The first-order valence-corrected chi connectivity index (χ1v) is 24.7. The molecule has 1 aromatic heterocycles. The van der Waals surface area contributed by atoms with Crippen molar-refractivity contribution in [3.8, 4) is 50.2 Å². The van der Waals surface area contributed by atoms with Crippen LogP contribution < -0.4 is 4.90 Å². The Bertz CT molecular complexity index is 4290.